The van der Waals surface area contributed by atoms with Gasteiger partial charge in [-0.05, 0) is 30.7 Å². The largest absolute Gasteiger partial charge is 0.481 e. The number of nitrogens with zero attached hydrogens (tertiary/aromatic N) is 2. The van der Waals surface area contributed by atoms with Crippen LogP contribution in [-0.2, 0) is 0 Å². The van der Waals surface area contributed by atoms with Crippen molar-refractivity contribution in [2.45, 2.75) is 6.92 Å². The molecule has 2 aromatic rings. The second-order valence-electron chi connectivity index (χ2n) is 3.86. The van der Waals surface area contributed by atoms with Crippen LogP contribution >= 0.6 is 11.6 Å². The highest BCUT2D eigenvalue weighted by Crippen LogP contribution is 2.20. The molecule has 98 valence electrons. The number of aromatic nitrogens is 2. The Bertz CT molecular complexity index is 617. The number of halogens is 1. The predicted molar refractivity (Wildman–Crippen MR) is 72.7 cm³/mol. The molecule has 2 rings (SSSR count). The number of carbonyl (C=O) groups is 1. The van der Waals surface area contributed by atoms with Gasteiger partial charge in [-0.25, -0.2) is 9.97 Å². The monoisotopic (exact) mass is 277 g/mol. The SMILES string of the molecule is COc1cc(C(=O)Nc2ccc(Cl)cc2C)ncn1. The molecular formula is C13H12ClN3O2. The third kappa shape index (κ3) is 3.20. The number of hydrogen-bond donors (Lipinski definition) is 1. The molecule has 0 unspecified atom stereocenters. The maximum Gasteiger partial charge on any atom is 0.274 e. The van der Waals surface area contributed by atoms with E-state index >= 15 is 0 Å². The van der Waals surface area contributed by atoms with E-state index in [0.717, 1.165) is 5.56 Å². The number of hydrogen-bond acceptors (Lipinski definition) is 4. The van der Waals surface area contributed by atoms with E-state index in [-0.39, 0.29) is 11.6 Å². The summed E-state index contributed by atoms with van der Waals surface area (Å²) in [6, 6.07) is 6.71. The summed E-state index contributed by atoms with van der Waals surface area (Å²) in [5.41, 5.74) is 1.80. The molecule has 0 radical (unpaired) electrons. The summed E-state index contributed by atoms with van der Waals surface area (Å²) in [6.07, 6.45) is 1.28. The van der Waals surface area contributed by atoms with E-state index < -0.39 is 0 Å². The molecule has 1 N–H and O–H groups in total. The van der Waals surface area contributed by atoms with Crippen LogP contribution in [0.2, 0.25) is 5.02 Å². The van der Waals surface area contributed by atoms with E-state index in [1.165, 1.54) is 19.5 Å². The molecular weight excluding hydrogens is 266 g/mol. The van der Waals surface area contributed by atoms with Gasteiger partial charge in [0.2, 0.25) is 5.88 Å². The first kappa shape index (κ1) is 13.3. The third-order valence-electron chi connectivity index (χ3n) is 2.52. The van der Waals surface area contributed by atoms with Gasteiger partial charge in [0.1, 0.15) is 12.0 Å². The molecule has 0 saturated carbocycles. The average molecular weight is 278 g/mol. The molecule has 0 bridgehead atoms. The molecule has 0 aliphatic heterocycles. The molecule has 1 aromatic carbocycles. The number of aryl methyl sites for hydroxylation is 1. The van der Waals surface area contributed by atoms with E-state index in [4.69, 9.17) is 16.3 Å². The standard InChI is InChI=1S/C13H12ClN3O2/c1-8-5-9(14)3-4-10(8)17-13(18)11-6-12(19-2)16-7-15-11/h3-7H,1-2H3,(H,17,18). The van der Waals surface area contributed by atoms with Gasteiger partial charge in [-0.1, -0.05) is 11.6 Å². The molecule has 19 heavy (non-hydrogen) atoms. The second kappa shape index (κ2) is 5.67. The summed E-state index contributed by atoms with van der Waals surface area (Å²) in [5, 5.41) is 3.39. The smallest absolute Gasteiger partial charge is 0.274 e. The van der Waals surface area contributed by atoms with Crippen LogP contribution in [0.25, 0.3) is 0 Å². The zero-order valence-electron chi connectivity index (χ0n) is 10.5. The molecule has 0 fully saturated rings. The number of amides is 1. The van der Waals surface area contributed by atoms with E-state index in [1.807, 2.05) is 6.92 Å². The number of anilines is 1. The Morgan fingerprint density at radius 1 is 1.32 bits per heavy atom. The van der Waals surface area contributed by atoms with Crippen molar-refractivity contribution < 1.29 is 9.53 Å². The highest BCUT2D eigenvalue weighted by Gasteiger charge is 2.10. The second-order valence-corrected chi connectivity index (χ2v) is 4.30. The zero-order chi connectivity index (χ0) is 13.8. The fraction of sp³-hybridized carbons (Fsp3) is 0.154. The molecule has 1 aromatic heterocycles. The Balaban J connectivity index is 2.20. The van der Waals surface area contributed by atoms with Gasteiger partial charge in [0.05, 0.1) is 7.11 Å². The number of ether oxygens (including phenoxy) is 1. The summed E-state index contributed by atoms with van der Waals surface area (Å²) in [7, 11) is 1.48. The topological polar surface area (TPSA) is 64.1 Å². The van der Waals surface area contributed by atoms with Gasteiger partial charge >= 0.3 is 0 Å². The maximum absolute atomic E-state index is 12.0. The minimum atomic E-state index is -0.328. The Hall–Kier alpha value is -2.14. The molecule has 1 heterocycles. The number of methoxy groups -OCH3 is 1. The summed E-state index contributed by atoms with van der Waals surface area (Å²) >= 11 is 5.86. The Morgan fingerprint density at radius 2 is 2.11 bits per heavy atom. The van der Waals surface area contributed by atoms with Gasteiger partial charge in [0.15, 0.2) is 0 Å². The molecule has 5 nitrogen and oxygen atoms in total. The van der Waals surface area contributed by atoms with E-state index in [0.29, 0.717) is 16.6 Å². The van der Waals surface area contributed by atoms with Crippen LogP contribution in [0.3, 0.4) is 0 Å². The van der Waals surface area contributed by atoms with E-state index in [1.54, 1.807) is 18.2 Å². The van der Waals surface area contributed by atoms with Crippen molar-refractivity contribution in [1.82, 2.24) is 9.97 Å². The predicted octanol–water partition coefficient (Wildman–Crippen LogP) is 2.70. The zero-order valence-corrected chi connectivity index (χ0v) is 11.2. The van der Waals surface area contributed by atoms with Crippen molar-refractivity contribution in [3.63, 3.8) is 0 Å². The molecule has 0 saturated heterocycles. The van der Waals surface area contributed by atoms with Crippen molar-refractivity contribution in [2.24, 2.45) is 0 Å². The Labute approximate surface area is 115 Å². The lowest BCUT2D eigenvalue weighted by Crippen LogP contribution is -2.14. The van der Waals surface area contributed by atoms with Crippen LogP contribution < -0.4 is 10.1 Å². The third-order valence-corrected chi connectivity index (χ3v) is 2.76. The van der Waals surface area contributed by atoms with Crippen molar-refractivity contribution >= 4 is 23.2 Å². The number of carbonyl (C=O) groups excluding carboxylic acids is 1. The van der Waals surface area contributed by atoms with Crippen LogP contribution in [0.4, 0.5) is 5.69 Å². The van der Waals surface area contributed by atoms with Crippen molar-refractivity contribution in [3.05, 3.63) is 46.9 Å². The molecule has 0 atom stereocenters. The lowest BCUT2D eigenvalue weighted by atomic mass is 10.2. The van der Waals surface area contributed by atoms with Crippen LogP contribution in [-0.4, -0.2) is 23.0 Å². The van der Waals surface area contributed by atoms with Gasteiger partial charge < -0.3 is 10.1 Å². The fourth-order valence-corrected chi connectivity index (χ4v) is 1.76. The Morgan fingerprint density at radius 3 is 2.79 bits per heavy atom. The summed E-state index contributed by atoms with van der Waals surface area (Å²) in [6.45, 7) is 1.86. The molecule has 1 amide bonds. The van der Waals surface area contributed by atoms with Crippen molar-refractivity contribution in [2.75, 3.05) is 12.4 Å². The normalized spacial score (nSPS) is 10.1. The molecule has 0 aliphatic carbocycles. The number of nitrogens with one attached hydrogen (secondary N) is 1. The van der Waals surface area contributed by atoms with Crippen LogP contribution in [0, 0.1) is 6.92 Å². The summed E-state index contributed by atoms with van der Waals surface area (Å²) in [4.78, 5) is 19.8. The summed E-state index contributed by atoms with van der Waals surface area (Å²) < 4.78 is 4.95. The van der Waals surface area contributed by atoms with E-state index in [9.17, 15) is 4.79 Å². The number of benzene rings is 1. The minimum Gasteiger partial charge on any atom is -0.481 e. The van der Waals surface area contributed by atoms with Gasteiger partial charge in [0.25, 0.3) is 5.91 Å². The minimum absolute atomic E-state index is 0.237. The quantitative estimate of drug-likeness (QED) is 0.937. The summed E-state index contributed by atoms with van der Waals surface area (Å²) in [5.74, 6) is 0.0131. The van der Waals surface area contributed by atoms with Gasteiger partial charge in [-0.15, -0.1) is 0 Å². The van der Waals surface area contributed by atoms with Crippen LogP contribution in [0.15, 0.2) is 30.6 Å². The fourth-order valence-electron chi connectivity index (χ4n) is 1.53. The van der Waals surface area contributed by atoms with Gasteiger partial charge in [-0.2, -0.15) is 0 Å². The van der Waals surface area contributed by atoms with Crippen molar-refractivity contribution in [1.29, 1.82) is 0 Å². The maximum atomic E-state index is 12.0. The number of rotatable bonds is 3. The first-order chi connectivity index (χ1) is 9.10. The highest BCUT2D eigenvalue weighted by atomic mass is 35.5. The lowest BCUT2D eigenvalue weighted by molar-refractivity contribution is 0.102. The van der Waals surface area contributed by atoms with Crippen LogP contribution in [0.5, 0.6) is 5.88 Å². The molecule has 6 heteroatoms. The average Bonchev–Trinajstić information content (AvgIpc) is 2.42. The molecule has 0 aliphatic rings. The van der Waals surface area contributed by atoms with Gasteiger partial charge in [0, 0.05) is 16.8 Å². The van der Waals surface area contributed by atoms with E-state index in [2.05, 4.69) is 15.3 Å². The highest BCUT2D eigenvalue weighted by molar-refractivity contribution is 6.30. The Kier molecular flexibility index (Phi) is 3.97. The van der Waals surface area contributed by atoms with Gasteiger partial charge in [-0.3, -0.25) is 4.79 Å². The first-order valence-corrected chi connectivity index (χ1v) is 5.91. The first-order valence-electron chi connectivity index (χ1n) is 5.53. The molecule has 0 spiro atoms. The lowest BCUT2D eigenvalue weighted by Gasteiger charge is -2.08. The van der Waals surface area contributed by atoms with Crippen molar-refractivity contribution in [3.8, 4) is 5.88 Å². The van der Waals surface area contributed by atoms with Crippen LogP contribution in [0.1, 0.15) is 16.1 Å².